The fourth-order valence-electron chi connectivity index (χ4n) is 4.77. The summed E-state index contributed by atoms with van der Waals surface area (Å²) in [5.41, 5.74) is 2.23. The third-order valence-electron chi connectivity index (χ3n) is 6.66. The van der Waals surface area contributed by atoms with E-state index in [0.29, 0.717) is 12.5 Å². The molecule has 2 fully saturated rings. The first kappa shape index (κ1) is 21.2. The molecule has 0 N–H and O–H groups in total. The molecule has 1 amide bonds. The van der Waals surface area contributed by atoms with E-state index in [9.17, 15) is 4.79 Å². The second-order valence-corrected chi connectivity index (χ2v) is 9.67. The Hall–Kier alpha value is -2.64. The second kappa shape index (κ2) is 9.46. The van der Waals surface area contributed by atoms with Gasteiger partial charge in [-0.3, -0.25) is 9.69 Å². The SMILES string of the molecule is COc1ccccc1N1CCN(CC(=O)N2CCC(c3nc4ccccc4s3)CC2)CC1. The number of nitrogens with zero attached hydrogens (tertiary/aromatic N) is 4. The van der Waals surface area contributed by atoms with Gasteiger partial charge in [0.1, 0.15) is 5.75 Å². The molecule has 5 rings (SSSR count). The minimum Gasteiger partial charge on any atom is -0.495 e. The Balaban J connectivity index is 1.11. The highest BCUT2D eigenvalue weighted by Crippen LogP contribution is 2.34. The van der Waals surface area contributed by atoms with Crippen LogP contribution >= 0.6 is 11.3 Å². The third-order valence-corrected chi connectivity index (χ3v) is 7.86. The number of methoxy groups -OCH3 is 1. The van der Waals surface area contributed by atoms with E-state index >= 15 is 0 Å². The Labute approximate surface area is 193 Å². The molecule has 7 heteroatoms. The van der Waals surface area contributed by atoms with Gasteiger partial charge in [-0.15, -0.1) is 11.3 Å². The van der Waals surface area contributed by atoms with Crippen molar-refractivity contribution in [3.8, 4) is 5.75 Å². The molecule has 0 unspecified atom stereocenters. The zero-order chi connectivity index (χ0) is 21.9. The van der Waals surface area contributed by atoms with Crippen LogP contribution in [0.4, 0.5) is 5.69 Å². The van der Waals surface area contributed by atoms with Crippen LogP contribution in [0.3, 0.4) is 0 Å². The fourth-order valence-corrected chi connectivity index (χ4v) is 5.91. The molecule has 0 aliphatic carbocycles. The lowest BCUT2D eigenvalue weighted by Gasteiger charge is -2.38. The van der Waals surface area contributed by atoms with E-state index in [1.165, 1.54) is 9.71 Å². The lowest BCUT2D eigenvalue weighted by atomic mass is 9.97. The number of anilines is 1. The third kappa shape index (κ3) is 4.45. The lowest BCUT2D eigenvalue weighted by Crippen LogP contribution is -2.51. The van der Waals surface area contributed by atoms with Crippen molar-refractivity contribution in [2.75, 3.05) is 57.8 Å². The number of aromatic nitrogens is 1. The normalized spacial score (nSPS) is 18.3. The van der Waals surface area contributed by atoms with E-state index in [0.717, 1.165) is 69.1 Å². The van der Waals surface area contributed by atoms with Crippen molar-refractivity contribution in [2.24, 2.45) is 0 Å². The molecule has 2 aromatic carbocycles. The first-order valence-corrected chi connectivity index (χ1v) is 12.3. The molecule has 0 atom stereocenters. The number of carbonyl (C=O) groups is 1. The predicted octanol–water partition coefficient (Wildman–Crippen LogP) is 3.83. The summed E-state index contributed by atoms with van der Waals surface area (Å²) < 4.78 is 6.76. The average Bonchev–Trinajstić information content (AvgIpc) is 3.29. The van der Waals surface area contributed by atoms with Gasteiger partial charge in [0.15, 0.2) is 0 Å². The van der Waals surface area contributed by atoms with Gasteiger partial charge in [0.25, 0.3) is 0 Å². The van der Waals surface area contributed by atoms with Gasteiger partial charge in [-0.25, -0.2) is 4.98 Å². The number of rotatable bonds is 5. The number of piperidine rings is 1. The van der Waals surface area contributed by atoms with E-state index in [-0.39, 0.29) is 5.91 Å². The van der Waals surface area contributed by atoms with E-state index in [1.807, 2.05) is 24.3 Å². The molecule has 6 nitrogen and oxygen atoms in total. The first-order valence-electron chi connectivity index (χ1n) is 11.4. The number of amides is 1. The number of benzene rings is 2. The van der Waals surface area contributed by atoms with Gasteiger partial charge in [0.2, 0.25) is 5.91 Å². The maximum atomic E-state index is 12.9. The summed E-state index contributed by atoms with van der Waals surface area (Å²) in [6.45, 7) is 5.80. The summed E-state index contributed by atoms with van der Waals surface area (Å²) in [5, 5.41) is 1.23. The van der Waals surface area contributed by atoms with Crippen molar-refractivity contribution in [2.45, 2.75) is 18.8 Å². The monoisotopic (exact) mass is 450 g/mol. The van der Waals surface area contributed by atoms with Crippen molar-refractivity contribution < 1.29 is 9.53 Å². The average molecular weight is 451 g/mol. The van der Waals surface area contributed by atoms with E-state index in [2.05, 4.69) is 39.0 Å². The number of carbonyl (C=O) groups excluding carboxylic acids is 1. The number of hydrogen-bond acceptors (Lipinski definition) is 6. The van der Waals surface area contributed by atoms with Gasteiger partial charge in [-0.1, -0.05) is 24.3 Å². The predicted molar refractivity (Wildman–Crippen MR) is 130 cm³/mol. The van der Waals surface area contributed by atoms with Crippen molar-refractivity contribution in [1.82, 2.24) is 14.8 Å². The van der Waals surface area contributed by atoms with Gasteiger partial charge >= 0.3 is 0 Å². The lowest BCUT2D eigenvalue weighted by molar-refractivity contribution is -0.133. The molecular weight excluding hydrogens is 420 g/mol. The smallest absolute Gasteiger partial charge is 0.236 e. The first-order chi connectivity index (χ1) is 15.7. The van der Waals surface area contributed by atoms with Crippen molar-refractivity contribution in [1.29, 1.82) is 0 Å². The summed E-state index contributed by atoms with van der Waals surface area (Å²) in [5.74, 6) is 1.65. The Morgan fingerprint density at radius 1 is 1.00 bits per heavy atom. The number of likely N-dealkylation sites (tertiary alicyclic amines) is 1. The quantitative estimate of drug-likeness (QED) is 0.591. The summed E-state index contributed by atoms with van der Waals surface area (Å²) in [6, 6.07) is 16.5. The molecule has 32 heavy (non-hydrogen) atoms. The minimum atomic E-state index is 0.262. The van der Waals surface area contributed by atoms with E-state index < -0.39 is 0 Å². The highest BCUT2D eigenvalue weighted by atomic mass is 32.1. The van der Waals surface area contributed by atoms with E-state index in [1.54, 1.807) is 18.4 Å². The van der Waals surface area contributed by atoms with Crippen molar-refractivity contribution in [3.05, 3.63) is 53.5 Å². The molecule has 2 saturated heterocycles. The Bertz CT molecular complexity index is 1040. The zero-order valence-corrected chi connectivity index (χ0v) is 19.4. The summed E-state index contributed by atoms with van der Waals surface area (Å²) >= 11 is 1.81. The molecule has 1 aromatic heterocycles. The molecule has 168 valence electrons. The molecule has 0 bridgehead atoms. The van der Waals surface area contributed by atoms with Gasteiger partial charge in [0, 0.05) is 45.2 Å². The second-order valence-electron chi connectivity index (χ2n) is 8.61. The zero-order valence-electron chi connectivity index (χ0n) is 18.6. The van der Waals surface area contributed by atoms with Gasteiger partial charge < -0.3 is 14.5 Å². The van der Waals surface area contributed by atoms with Crippen LogP contribution in [0.25, 0.3) is 10.2 Å². The van der Waals surface area contributed by atoms with Crippen LogP contribution < -0.4 is 9.64 Å². The van der Waals surface area contributed by atoms with Crippen molar-refractivity contribution >= 4 is 33.1 Å². The van der Waals surface area contributed by atoms with Gasteiger partial charge in [-0.05, 0) is 37.1 Å². The number of para-hydroxylation sites is 3. The minimum absolute atomic E-state index is 0.262. The molecule has 0 saturated carbocycles. The van der Waals surface area contributed by atoms with E-state index in [4.69, 9.17) is 9.72 Å². The molecule has 2 aliphatic heterocycles. The van der Waals surface area contributed by atoms with Gasteiger partial charge in [-0.2, -0.15) is 0 Å². The largest absolute Gasteiger partial charge is 0.495 e. The molecule has 3 heterocycles. The molecular formula is C25H30N4O2S. The molecule has 3 aromatic rings. The van der Waals surface area contributed by atoms with Crippen LogP contribution in [-0.2, 0) is 4.79 Å². The molecule has 2 aliphatic rings. The number of fused-ring (bicyclic) bond motifs is 1. The number of hydrogen-bond donors (Lipinski definition) is 0. The summed E-state index contributed by atoms with van der Waals surface area (Å²) in [7, 11) is 1.72. The number of piperazine rings is 1. The Kier molecular flexibility index (Phi) is 6.28. The summed E-state index contributed by atoms with van der Waals surface area (Å²) in [4.78, 5) is 24.5. The Morgan fingerprint density at radius 3 is 2.47 bits per heavy atom. The van der Waals surface area contributed by atoms with Crippen LogP contribution in [0.1, 0.15) is 23.8 Å². The topological polar surface area (TPSA) is 48.9 Å². The highest BCUT2D eigenvalue weighted by molar-refractivity contribution is 7.18. The van der Waals surface area contributed by atoms with Crippen LogP contribution in [0.5, 0.6) is 5.75 Å². The maximum Gasteiger partial charge on any atom is 0.236 e. The fraction of sp³-hybridized carbons (Fsp3) is 0.440. The van der Waals surface area contributed by atoms with Crippen LogP contribution in [0.15, 0.2) is 48.5 Å². The van der Waals surface area contributed by atoms with Crippen LogP contribution in [0, 0.1) is 0 Å². The highest BCUT2D eigenvalue weighted by Gasteiger charge is 2.28. The van der Waals surface area contributed by atoms with Crippen LogP contribution in [-0.4, -0.2) is 73.6 Å². The van der Waals surface area contributed by atoms with Crippen molar-refractivity contribution in [3.63, 3.8) is 0 Å². The number of thiazole rings is 1. The molecule has 0 spiro atoms. The summed E-state index contributed by atoms with van der Waals surface area (Å²) in [6.07, 6.45) is 2.01. The number of ether oxygens (including phenoxy) is 1. The maximum absolute atomic E-state index is 12.9. The molecule has 0 radical (unpaired) electrons. The Morgan fingerprint density at radius 2 is 1.72 bits per heavy atom. The van der Waals surface area contributed by atoms with Gasteiger partial charge in [0.05, 0.1) is 34.6 Å². The standard InChI is InChI=1S/C25H30N4O2S/c1-31-22-8-4-3-7-21(22)28-16-14-27(15-17-28)18-24(30)29-12-10-19(11-13-29)25-26-20-6-2-5-9-23(20)32-25/h2-9,19H,10-18H2,1H3. The van der Waals surface area contributed by atoms with Crippen LogP contribution in [0.2, 0.25) is 0 Å².